The standard InChI is InChI=1S/C18H26Cl2N5O5PS/c1-10-11(7-29-31(27)28-5-6-32-16(26)17(2,3)4)30-15(18(10,19)20)25-9-24-12-13(21)22-8-23-14(12)25/h8-11,15,31H,5-7H2,1-4H3,(H2,21,22,23)/t10-,11-,15-/m1/s1. The second-order valence-electron chi connectivity index (χ2n) is 8.37. The molecule has 1 aliphatic rings. The van der Waals surface area contributed by atoms with Gasteiger partial charge in [0, 0.05) is 17.1 Å². The fourth-order valence-electron chi connectivity index (χ4n) is 2.99. The first-order valence-electron chi connectivity index (χ1n) is 9.86. The summed E-state index contributed by atoms with van der Waals surface area (Å²) >= 11 is 14.4. The molecule has 2 aromatic rings. The molecule has 14 heteroatoms. The number of fused-ring (bicyclic) bond motifs is 1. The predicted molar refractivity (Wildman–Crippen MR) is 125 cm³/mol. The van der Waals surface area contributed by atoms with Crippen LogP contribution in [0.3, 0.4) is 0 Å². The van der Waals surface area contributed by atoms with Gasteiger partial charge in [0.05, 0.1) is 25.6 Å². The van der Waals surface area contributed by atoms with E-state index in [-0.39, 0.29) is 30.1 Å². The number of aromatic nitrogens is 4. The molecule has 178 valence electrons. The summed E-state index contributed by atoms with van der Waals surface area (Å²) in [5, 5.41) is 0.0422. The number of hydrogen-bond acceptors (Lipinski definition) is 10. The van der Waals surface area contributed by atoms with Crippen LogP contribution in [0.5, 0.6) is 0 Å². The van der Waals surface area contributed by atoms with Crippen molar-refractivity contribution in [1.29, 1.82) is 0 Å². The van der Waals surface area contributed by atoms with Crippen molar-refractivity contribution in [3.63, 3.8) is 0 Å². The van der Waals surface area contributed by atoms with Gasteiger partial charge < -0.3 is 19.5 Å². The Hall–Kier alpha value is -0.940. The number of ether oxygens (including phenoxy) is 1. The van der Waals surface area contributed by atoms with Crippen LogP contribution in [0.4, 0.5) is 5.82 Å². The highest BCUT2D eigenvalue weighted by atomic mass is 35.5. The minimum atomic E-state index is -2.78. The third kappa shape index (κ3) is 5.58. The van der Waals surface area contributed by atoms with Crippen molar-refractivity contribution in [2.75, 3.05) is 24.7 Å². The summed E-state index contributed by atoms with van der Waals surface area (Å²) in [4.78, 5) is 24.2. The molecule has 1 unspecified atom stereocenters. The molecule has 1 fully saturated rings. The van der Waals surface area contributed by atoms with Crippen LogP contribution in [-0.2, 0) is 23.1 Å². The maximum atomic E-state index is 12.1. The number of nitrogens with two attached hydrogens (primary N) is 1. The molecule has 2 aromatic heterocycles. The number of thioether (sulfide) groups is 1. The number of carbonyl (C=O) groups is 1. The summed E-state index contributed by atoms with van der Waals surface area (Å²) in [6, 6.07) is 0. The minimum Gasteiger partial charge on any atom is -0.382 e. The second-order valence-corrected chi connectivity index (χ2v) is 12.0. The first-order chi connectivity index (χ1) is 14.9. The van der Waals surface area contributed by atoms with E-state index in [4.69, 9.17) is 42.7 Å². The number of alkyl halides is 2. The molecular weight excluding hydrogens is 500 g/mol. The predicted octanol–water partition coefficient (Wildman–Crippen LogP) is 3.84. The maximum absolute atomic E-state index is 12.1. The zero-order chi connectivity index (χ0) is 23.7. The van der Waals surface area contributed by atoms with Gasteiger partial charge >= 0.3 is 8.25 Å². The molecule has 3 heterocycles. The number of nitrogen functional groups attached to an aromatic ring is 1. The number of nitrogens with zero attached hydrogens (tertiary/aromatic N) is 4. The maximum Gasteiger partial charge on any atom is 0.319 e. The van der Waals surface area contributed by atoms with E-state index in [9.17, 15) is 9.36 Å². The topological polar surface area (TPSA) is 131 Å². The lowest BCUT2D eigenvalue weighted by Gasteiger charge is -2.24. The van der Waals surface area contributed by atoms with Gasteiger partial charge in [-0.3, -0.25) is 13.9 Å². The highest BCUT2D eigenvalue weighted by Crippen LogP contribution is 2.51. The lowest BCUT2D eigenvalue weighted by Crippen LogP contribution is -2.30. The molecule has 1 aliphatic heterocycles. The van der Waals surface area contributed by atoms with Crippen LogP contribution >= 0.6 is 43.2 Å². The SMILES string of the molecule is C[C@@H]1[C@@H](CO[PH](=O)OCCSC(=O)C(C)(C)C)O[C@@H](n2cnc3c(N)ncnc32)C1(Cl)Cl. The first kappa shape index (κ1) is 25.7. The van der Waals surface area contributed by atoms with Gasteiger partial charge in [-0.05, 0) is 0 Å². The smallest absolute Gasteiger partial charge is 0.319 e. The molecule has 10 nitrogen and oxygen atoms in total. The lowest BCUT2D eigenvalue weighted by atomic mass is 10.00. The normalized spacial score (nSPS) is 24.1. The van der Waals surface area contributed by atoms with Gasteiger partial charge in [0.1, 0.15) is 11.8 Å². The van der Waals surface area contributed by atoms with Crippen LogP contribution in [0, 0.1) is 11.3 Å². The van der Waals surface area contributed by atoms with Gasteiger partial charge in [0.15, 0.2) is 27.1 Å². The van der Waals surface area contributed by atoms with Crippen molar-refractivity contribution >= 4 is 65.3 Å². The average molecular weight is 526 g/mol. The molecule has 32 heavy (non-hydrogen) atoms. The molecule has 0 radical (unpaired) electrons. The summed E-state index contributed by atoms with van der Waals surface area (Å²) in [6.07, 6.45) is 1.42. The van der Waals surface area contributed by atoms with E-state index in [1.165, 1.54) is 12.7 Å². The first-order valence-corrected chi connectivity index (χ1v) is 12.8. The van der Waals surface area contributed by atoms with Crippen molar-refractivity contribution < 1.29 is 23.1 Å². The van der Waals surface area contributed by atoms with Gasteiger partial charge in [-0.1, -0.05) is 62.7 Å². The molecule has 2 N–H and O–H groups in total. The number of anilines is 1. The van der Waals surface area contributed by atoms with Gasteiger partial charge in [0.25, 0.3) is 0 Å². The molecule has 0 aliphatic carbocycles. The Bertz CT molecular complexity index is 1000. The van der Waals surface area contributed by atoms with Crippen LogP contribution in [0.2, 0.25) is 0 Å². The van der Waals surface area contributed by atoms with Crippen molar-refractivity contribution in [1.82, 2.24) is 19.5 Å². The number of halogens is 2. The van der Waals surface area contributed by atoms with Crippen LogP contribution in [0.15, 0.2) is 12.7 Å². The number of hydrogen-bond donors (Lipinski definition) is 1. The van der Waals surface area contributed by atoms with E-state index in [2.05, 4.69) is 15.0 Å². The summed E-state index contributed by atoms with van der Waals surface area (Å²) in [5.41, 5.74) is 6.24. The van der Waals surface area contributed by atoms with Crippen molar-refractivity contribution in [3.8, 4) is 0 Å². The van der Waals surface area contributed by atoms with Gasteiger partial charge in [-0.25, -0.2) is 15.0 Å². The van der Waals surface area contributed by atoms with E-state index in [1.807, 2.05) is 27.7 Å². The van der Waals surface area contributed by atoms with Crippen LogP contribution in [0.25, 0.3) is 11.2 Å². The van der Waals surface area contributed by atoms with Crippen molar-refractivity contribution in [3.05, 3.63) is 12.7 Å². The van der Waals surface area contributed by atoms with E-state index >= 15 is 0 Å². The Morgan fingerprint density at radius 2 is 2.06 bits per heavy atom. The number of imidazole rings is 1. The van der Waals surface area contributed by atoms with Crippen LogP contribution in [-0.4, -0.2) is 54.0 Å². The molecule has 4 atom stereocenters. The summed E-state index contributed by atoms with van der Waals surface area (Å²) in [6.45, 7) is 7.43. The zero-order valence-electron chi connectivity index (χ0n) is 18.1. The van der Waals surface area contributed by atoms with Gasteiger partial charge in [-0.2, -0.15) is 0 Å². The fraction of sp³-hybridized carbons (Fsp3) is 0.667. The minimum absolute atomic E-state index is 0.0333. The van der Waals surface area contributed by atoms with Gasteiger partial charge in [-0.15, -0.1) is 0 Å². The zero-order valence-corrected chi connectivity index (χ0v) is 21.4. The van der Waals surface area contributed by atoms with E-state index < -0.39 is 30.3 Å². The van der Waals surface area contributed by atoms with E-state index in [1.54, 1.807) is 4.57 Å². The Morgan fingerprint density at radius 3 is 2.75 bits per heavy atom. The Morgan fingerprint density at radius 1 is 1.34 bits per heavy atom. The monoisotopic (exact) mass is 525 g/mol. The molecule has 0 amide bonds. The van der Waals surface area contributed by atoms with E-state index in [0.717, 1.165) is 11.8 Å². The highest BCUT2D eigenvalue weighted by Gasteiger charge is 2.54. The van der Waals surface area contributed by atoms with Crippen molar-refractivity contribution in [2.24, 2.45) is 11.3 Å². The molecule has 0 saturated carbocycles. The highest BCUT2D eigenvalue weighted by molar-refractivity contribution is 8.13. The second kappa shape index (κ2) is 10.1. The van der Waals surface area contributed by atoms with E-state index in [0.29, 0.717) is 16.9 Å². The average Bonchev–Trinajstić information content (AvgIpc) is 3.23. The molecule has 0 aromatic carbocycles. The molecule has 0 spiro atoms. The molecule has 0 bridgehead atoms. The van der Waals surface area contributed by atoms with Crippen molar-refractivity contribution in [2.45, 2.75) is 44.4 Å². The third-order valence-electron chi connectivity index (χ3n) is 4.95. The fourth-order valence-corrected chi connectivity index (χ4v) is 5.17. The van der Waals surface area contributed by atoms with Gasteiger partial charge in [0.2, 0.25) is 0 Å². The molecule has 3 rings (SSSR count). The number of carbonyl (C=O) groups excluding carboxylic acids is 1. The summed E-state index contributed by atoms with van der Waals surface area (Å²) in [5.74, 6) is 0.245. The Labute approximate surface area is 200 Å². The number of rotatable bonds is 8. The van der Waals surface area contributed by atoms with Crippen LogP contribution in [0.1, 0.15) is 33.9 Å². The Balaban J connectivity index is 1.55. The lowest BCUT2D eigenvalue weighted by molar-refractivity contribution is -0.117. The Kier molecular flexibility index (Phi) is 8.13. The summed E-state index contributed by atoms with van der Waals surface area (Å²) < 4.78 is 29.0. The largest absolute Gasteiger partial charge is 0.382 e. The van der Waals surface area contributed by atoms with Crippen LogP contribution < -0.4 is 5.73 Å². The summed E-state index contributed by atoms with van der Waals surface area (Å²) in [7, 11) is -2.78. The molecule has 1 saturated heterocycles. The quantitative estimate of drug-likeness (QED) is 0.307. The third-order valence-corrected chi connectivity index (χ3v) is 8.10. The molecular formula is C18H26Cl2N5O5PS.